The molecular formula is C17H34N2O. The van der Waals surface area contributed by atoms with Crippen LogP contribution in [-0.2, 0) is 4.74 Å². The highest BCUT2D eigenvalue weighted by molar-refractivity contribution is 4.88. The summed E-state index contributed by atoms with van der Waals surface area (Å²) in [6.45, 7) is 10.1. The Morgan fingerprint density at radius 1 is 1.20 bits per heavy atom. The Kier molecular flexibility index (Phi) is 6.31. The van der Waals surface area contributed by atoms with Gasteiger partial charge in [0, 0.05) is 25.2 Å². The summed E-state index contributed by atoms with van der Waals surface area (Å²) in [6.07, 6.45) is 7.14. The number of likely N-dealkylation sites (N-methyl/N-ethyl adjacent to an activating group) is 1. The van der Waals surface area contributed by atoms with Crippen LogP contribution in [0.5, 0.6) is 0 Å². The van der Waals surface area contributed by atoms with Crippen molar-refractivity contribution in [1.82, 2.24) is 10.2 Å². The Balaban J connectivity index is 1.91. The van der Waals surface area contributed by atoms with Gasteiger partial charge in [-0.2, -0.15) is 0 Å². The van der Waals surface area contributed by atoms with Crippen LogP contribution >= 0.6 is 0 Å². The monoisotopic (exact) mass is 282 g/mol. The summed E-state index contributed by atoms with van der Waals surface area (Å²) in [5.74, 6) is 1.76. The van der Waals surface area contributed by atoms with Crippen molar-refractivity contribution in [3.8, 4) is 0 Å². The highest BCUT2D eigenvalue weighted by atomic mass is 16.5. The fourth-order valence-electron chi connectivity index (χ4n) is 4.27. The minimum Gasteiger partial charge on any atom is -0.377 e. The zero-order valence-electron chi connectivity index (χ0n) is 13.9. The molecule has 5 atom stereocenters. The van der Waals surface area contributed by atoms with E-state index in [-0.39, 0.29) is 0 Å². The molecule has 2 rings (SSSR count). The molecule has 118 valence electrons. The normalized spacial score (nSPS) is 38.5. The summed E-state index contributed by atoms with van der Waals surface area (Å²) in [4.78, 5) is 2.57. The fourth-order valence-corrected chi connectivity index (χ4v) is 4.27. The Morgan fingerprint density at radius 3 is 2.60 bits per heavy atom. The van der Waals surface area contributed by atoms with Crippen LogP contribution in [0.15, 0.2) is 0 Å². The molecular weight excluding hydrogens is 248 g/mol. The maximum Gasteiger partial charge on any atom is 0.0702 e. The largest absolute Gasteiger partial charge is 0.377 e. The highest BCUT2D eigenvalue weighted by Crippen LogP contribution is 2.32. The minimum atomic E-state index is 0.406. The molecule has 0 radical (unpaired) electrons. The van der Waals surface area contributed by atoms with Gasteiger partial charge in [0.25, 0.3) is 0 Å². The van der Waals surface area contributed by atoms with E-state index in [9.17, 15) is 0 Å². The average Bonchev–Trinajstić information content (AvgIpc) is 2.87. The van der Waals surface area contributed by atoms with E-state index in [1.165, 1.54) is 38.6 Å². The highest BCUT2D eigenvalue weighted by Gasteiger charge is 2.33. The van der Waals surface area contributed by atoms with E-state index in [0.29, 0.717) is 12.1 Å². The van der Waals surface area contributed by atoms with E-state index in [4.69, 9.17) is 4.74 Å². The molecule has 3 nitrogen and oxygen atoms in total. The number of nitrogens with zero attached hydrogens (tertiary/aromatic N) is 1. The van der Waals surface area contributed by atoms with Gasteiger partial charge in [-0.3, -0.25) is 0 Å². The molecule has 1 aliphatic heterocycles. The van der Waals surface area contributed by atoms with Crippen molar-refractivity contribution in [3.63, 3.8) is 0 Å². The fraction of sp³-hybridized carbons (Fsp3) is 1.00. The van der Waals surface area contributed by atoms with Gasteiger partial charge in [0.15, 0.2) is 0 Å². The molecule has 3 heteroatoms. The molecule has 0 spiro atoms. The summed E-state index contributed by atoms with van der Waals surface area (Å²) in [7, 11) is 2.30. The Labute approximate surface area is 125 Å². The van der Waals surface area contributed by atoms with Crippen LogP contribution in [0.3, 0.4) is 0 Å². The zero-order valence-corrected chi connectivity index (χ0v) is 13.9. The van der Waals surface area contributed by atoms with Gasteiger partial charge >= 0.3 is 0 Å². The van der Waals surface area contributed by atoms with Gasteiger partial charge in [0.05, 0.1) is 6.10 Å². The Morgan fingerprint density at radius 2 is 2.00 bits per heavy atom. The zero-order chi connectivity index (χ0) is 14.5. The Hall–Kier alpha value is -0.120. The predicted molar refractivity (Wildman–Crippen MR) is 85.0 cm³/mol. The minimum absolute atomic E-state index is 0.406. The maximum atomic E-state index is 5.74. The summed E-state index contributed by atoms with van der Waals surface area (Å²) < 4.78 is 5.74. The van der Waals surface area contributed by atoms with Crippen molar-refractivity contribution in [2.24, 2.45) is 11.8 Å². The second-order valence-corrected chi connectivity index (χ2v) is 6.88. The van der Waals surface area contributed by atoms with Gasteiger partial charge in [-0.25, -0.2) is 0 Å². The third kappa shape index (κ3) is 3.96. The van der Waals surface area contributed by atoms with Gasteiger partial charge in [0.2, 0.25) is 0 Å². The summed E-state index contributed by atoms with van der Waals surface area (Å²) in [5, 5.41) is 3.73. The third-order valence-corrected chi connectivity index (χ3v) is 5.56. The van der Waals surface area contributed by atoms with Gasteiger partial charge in [0.1, 0.15) is 0 Å². The van der Waals surface area contributed by atoms with E-state index in [2.05, 4.69) is 38.0 Å². The molecule has 0 bridgehead atoms. The lowest BCUT2D eigenvalue weighted by Gasteiger charge is -2.40. The van der Waals surface area contributed by atoms with Gasteiger partial charge in [-0.15, -0.1) is 0 Å². The average molecular weight is 282 g/mol. The first-order chi connectivity index (χ1) is 9.65. The summed E-state index contributed by atoms with van der Waals surface area (Å²) >= 11 is 0. The van der Waals surface area contributed by atoms with E-state index in [1.54, 1.807) is 0 Å². The molecule has 0 aromatic heterocycles. The molecule has 1 N–H and O–H groups in total. The number of hydrogen-bond donors (Lipinski definition) is 1. The molecule has 2 fully saturated rings. The molecule has 2 aliphatic rings. The lowest BCUT2D eigenvalue weighted by atomic mass is 9.76. The van der Waals surface area contributed by atoms with Crippen LogP contribution < -0.4 is 5.32 Å². The SMILES string of the molecule is CCNC1CCC(CC)CC1CN(C)C1CCOC1C. The molecule has 0 aromatic rings. The Bertz CT molecular complexity index is 284. The molecule has 1 saturated heterocycles. The number of rotatable bonds is 6. The van der Waals surface area contributed by atoms with Crippen molar-refractivity contribution in [3.05, 3.63) is 0 Å². The van der Waals surface area contributed by atoms with Crippen LogP contribution in [-0.4, -0.2) is 49.8 Å². The van der Waals surface area contributed by atoms with Crippen LogP contribution in [0.1, 0.15) is 52.9 Å². The van der Waals surface area contributed by atoms with Crippen molar-refractivity contribution < 1.29 is 4.74 Å². The summed E-state index contributed by atoms with van der Waals surface area (Å²) in [6, 6.07) is 1.35. The van der Waals surface area contributed by atoms with Crippen LogP contribution in [0.25, 0.3) is 0 Å². The third-order valence-electron chi connectivity index (χ3n) is 5.56. The standard InChI is InChI=1S/C17H34N2O/c1-5-14-7-8-16(18-6-2)15(11-14)12-19(4)17-9-10-20-13(17)3/h13-18H,5-12H2,1-4H3. The van der Waals surface area contributed by atoms with Crippen molar-refractivity contribution in [1.29, 1.82) is 0 Å². The van der Waals surface area contributed by atoms with E-state index in [1.807, 2.05) is 0 Å². The summed E-state index contributed by atoms with van der Waals surface area (Å²) in [5.41, 5.74) is 0. The maximum absolute atomic E-state index is 5.74. The molecule has 1 heterocycles. The first-order valence-corrected chi connectivity index (χ1v) is 8.70. The van der Waals surface area contributed by atoms with Gasteiger partial charge < -0.3 is 15.0 Å². The number of ether oxygens (including phenoxy) is 1. The predicted octanol–water partition coefficient (Wildman–Crippen LogP) is 2.90. The molecule has 0 amide bonds. The van der Waals surface area contributed by atoms with E-state index < -0.39 is 0 Å². The van der Waals surface area contributed by atoms with Crippen molar-refractivity contribution >= 4 is 0 Å². The number of hydrogen-bond acceptors (Lipinski definition) is 3. The molecule has 20 heavy (non-hydrogen) atoms. The topological polar surface area (TPSA) is 24.5 Å². The van der Waals surface area contributed by atoms with E-state index >= 15 is 0 Å². The van der Waals surface area contributed by atoms with Crippen LogP contribution in [0.4, 0.5) is 0 Å². The first kappa shape index (κ1) is 16.3. The molecule has 0 aromatic carbocycles. The lowest BCUT2D eigenvalue weighted by molar-refractivity contribution is 0.0668. The second kappa shape index (κ2) is 7.77. The van der Waals surface area contributed by atoms with Gasteiger partial charge in [-0.05, 0) is 58.0 Å². The van der Waals surface area contributed by atoms with Crippen LogP contribution in [0.2, 0.25) is 0 Å². The lowest BCUT2D eigenvalue weighted by Crippen LogP contribution is -2.48. The van der Waals surface area contributed by atoms with Crippen molar-refractivity contribution in [2.45, 2.75) is 71.1 Å². The second-order valence-electron chi connectivity index (χ2n) is 6.88. The molecule has 5 unspecified atom stereocenters. The van der Waals surface area contributed by atoms with Crippen molar-refractivity contribution in [2.75, 3.05) is 26.7 Å². The van der Waals surface area contributed by atoms with E-state index in [0.717, 1.165) is 31.0 Å². The van der Waals surface area contributed by atoms with Crippen LogP contribution in [0, 0.1) is 11.8 Å². The smallest absolute Gasteiger partial charge is 0.0702 e. The first-order valence-electron chi connectivity index (χ1n) is 8.70. The molecule has 1 aliphatic carbocycles. The van der Waals surface area contributed by atoms with Gasteiger partial charge in [-0.1, -0.05) is 20.3 Å². The number of nitrogens with one attached hydrogen (secondary N) is 1. The quantitative estimate of drug-likeness (QED) is 0.811. The molecule has 1 saturated carbocycles.